The van der Waals surface area contributed by atoms with Crippen molar-refractivity contribution in [1.29, 1.82) is 0 Å². The Kier molecular flexibility index (Phi) is 6.14. The number of methoxy groups -OCH3 is 1. The maximum absolute atomic E-state index is 14.6. The van der Waals surface area contributed by atoms with Crippen LogP contribution in [0.4, 0.5) is 26.4 Å². The molecule has 2 unspecified atom stereocenters. The highest BCUT2D eigenvalue weighted by molar-refractivity contribution is 6.31. The Hall–Kier alpha value is -3.17. The van der Waals surface area contributed by atoms with Gasteiger partial charge >= 0.3 is 6.09 Å². The summed E-state index contributed by atoms with van der Waals surface area (Å²) in [6.07, 6.45) is 2.66. The topological polar surface area (TPSA) is 79.8 Å². The van der Waals surface area contributed by atoms with E-state index in [1.54, 1.807) is 36.3 Å². The summed E-state index contributed by atoms with van der Waals surface area (Å²) in [5.41, 5.74) is 0.779. The number of amides is 1. The summed E-state index contributed by atoms with van der Waals surface area (Å²) < 4.78 is 26.3. The van der Waals surface area contributed by atoms with Gasteiger partial charge in [0.05, 0.1) is 35.6 Å². The molecule has 35 heavy (non-hydrogen) atoms. The quantitative estimate of drug-likeness (QED) is 0.514. The van der Waals surface area contributed by atoms with Crippen molar-refractivity contribution < 1.29 is 18.7 Å². The molecule has 1 N–H and O–H groups in total. The van der Waals surface area contributed by atoms with E-state index in [0.29, 0.717) is 34.7 Å². The van der Waals surface area contributed by atoms with Crippen LogP contribution in [-0.4, -0.2) is 60.4 Å². The number of likely N-dealkylation sites (tertiary alicyclic amines) is 1. The molecule has 1 amide bonds. The number of fused-ring (bicyclic) bond motifs is 1. The van der Waals surface area contributed by atoms with Crippen LogP contribution in [0.25, 0.3) is 10.9 Å². The van der Waals surface area contributed by atoms with Crippen LogP contribution < -0.4 is 15.0 Å². The van der Waals surface area contributed by atoms with Gasteiger partial charge in [0.1, 0.15) is 23.5 Å². The number of nitrogens with one attached hydrogen (secondary N) is 1. The molecule has 0 bridgehead atoms. The third kappa shape index (κ3) is 4.12. The van der Waals surface area contributed by atoms with Crippen LogP contribution in [0.1, 0.15) is 19.8 Å². The van der Waals surface area contributed by atoms with Crippen molar-refractivity contribution in [3.63, 3.8) is 0 Å². The van der Waals surface area contributed by atoms with Crippen molar-refractivity contribution in [1.82, 2.24) is 14.9 Å². The van der Waals surface area contributed by atoms with Gasteiger partial charge in [-0.2, -0.15) is 0 Å². The predicted molar refractivity (Wildman–Crippen MR) is 133 cm³/mol. The molecule has 0 radical (unpaired) electrons. The van der Waals surface area contributed by atoms with Crippen LogP contribution in [0, 0.1) is 11.7 Å². The van der Waals surface area contributed by atoms with E-state index in [1.165, 1.54) is 12.4 Å². The minimum absolute atomic E-state index is 0.00411. The first-order valence-corrected chi connectivity index (χ1v) is 12.0. The Morgan fingerprint density at radius 1 is 1.34 bits per heavy atom. The second-order valence-corrected chi connectivity index (χ2v) is 9.53. The van der Waals surface area contributed by atoms with Gasteiger partial charge in [0.15, 0.2) is 5.82 Å². The molecule has 3 aromatic rings. The summed E-state index contributed by atoms with van der Waals surface area (Å²) in [5.74, 6) is 0.528. The number of hydrogen-bond acceptors (Lipinski definition) is 7. The van der Waals surface area contributed by atoms with Crippen molar-refractivity contribution in [2.75, 3.05) is 44.0 Å². The van der Waals surface area contributed by atoms with Crippen LogP contribution >= 0.6 is 11.6 Å². The minimum Gasteiger partial charge on any atom is -0.494 e. The molecule has 0 aliphatic carbocycles. The van der Waals surface area contributed by atoms with Gasteiger partial charge in [-0.15, -0.1) is 0 Å². The monoisotopic (exact) mass is 499 g/mol. The fraction of sp³-hybridized carbons (Fsp3) is 0.400. The number of nitrogens with zero attached hydrogens (tertiary/aromatic N) is 4. The summed E-state index contributed by atoms with van der Waals surface area (Å²) in [7, 11) is 3.64. The summed E-state index contributed by atoms with van der Waals surface area (Å²) in [4.78, 5) is 25.7. The zero-order valence-corrected chi connectivity index (χ0v) is 20.6. The number of anilines is 3. The molecule has 2 atom stereocenters. The number of halogens is 2. The third-order valence-corrected chi connectivity index (χ3v) is 7.35. The van der Waals surface area contributed by atoms with E-state index in [-0.39, 0.29) is 16.6 Å². The lowest BCUT2D eigenvalue weighted by Gasteiger charge is -2.42. The molecule has 184 valence electrons. The minimum atomic E-state index is -0.576. The molecule has 1 aromatic heterocycles. The van der Waals surface area contributed by atoms with E-state index < -0.39 is 17.5 Å². The molecule has 0 saturated carbocycles. The van der Waals surface area contributed by atoms with Gasteiger partial charge in [0.25, 0.3) is 0 Å². The third-order valence-electron chi connectivity index (χ3n) is 7.05. The molecule has 1 spiro atoms. The summed E-state index contributed by atoms with van der Waals surface area (Å²) in [6.45, 7) is 4.29. The molecule has 8 nitrogen and oxygen atoms in total. The molecule has 3 heterocycles. The normalized spacial score (nSPS) is 22.6. The molecule has 5 rings (SSSR count). The summed E-state index contributed by atoms with van der Waals surface area (Å²) >= 11 is 5.94. The van der Waals surface area contributed by atoms with Gasteiger partial charge in [0, 0.05) is 36.9 Å². The SMILES string of the molecule is CCC1CN(C)CCC12CN(c1cc3c(Nc4cccc(Cl)c4F)ncnc3cc1OC)C(=O)O2. The maximum Gasteiger partial charge on any atom is 0.415 e. The highest BCUT2D eigenvalue weighted by atomic mass is 35.5. The number of aromatic nitrogens is 2. The van der Waals surface area contributed by atoms with Crippen molar-refractivity contribution in [3.8, 4) is 5.75 Å². The molecular formula is C25H27ClFN5O3. The number of hydrogen-bond donors (Lipinski definition) is 1. The Bertz CT molecular complexity index is 1290. The second kappa shape index (κ2) is 9.13. The summed E-state index contributed by atoms with van der Waals surface area (Å²) in [5, 5.41) is 3.62. The highest BCUT2D eigenvalue weighted by Gasteiger charge is 2.52. The standard InChI is InChI=1S/C25H27ClFN5O3/c1-4-15-12-31(2)9-8-25(15)13-32(24(33)35-25)20-10-16-19(11-21(20)34-3)28-14-29-23(16)30-18-7-5-6-17(26)22(18)27/h5-7,10-11,14-15H,4,8-9,12-13H2,1-3H3,(H,28,29,30). The van der Waals surface area contributed by atoms with Crippen molar-refractivity contribution in [2.24, 2.45) is 5.92 Å². The zero-order chi connectivity index (χ0) is 24.7. The van der Waals surface area contributed by atoms with Crippen molar-refractivity contribution >= 4 is 45.8 Å². The molecule has 2 saturated heterocycles. The lowest BCUT2D eigenvalue weighted by molar-refractivity contribution is -0.0437. The Morgan fingerprint density at radius 3 is 2.94 bits per heavy atom. The van der Waals surface area contributed by atoms with E-state index in [0.717, 1.165) is 25.9 Å². The smallest absolute Gasteiger partial charge is 0.415 e. The van der Waals surface area contributed by atoms with Gasteiger partial charge in [-0.3, -0.25) is 4.90 Å². The van der Waals surface area contributed by atoms with E-state index in [9.17, 15) is 9.18 Å². The molecule has 10 heteroatoms. The van der Waals surface area contributed by atoms with Crippen LogP contribution in [0.5, 0.6) is 5.75 Å². The number of rotatable bonds is 5. The molecule has 2 aromatic carbocycles. The molecule has 2 aliphatic heterocycles. The lowest BCUT2D eigenvalue weighted by Crippen LogP contribution is -2.53. The molecular weight excluding hydrogens is 473 g/mol. The van der Waals surface area contributed by atoms with Crippen LogP contribution in [0.15, 0.2) is 36.7 Å². The van der Waals surface area contributed by atoms with E-state index in [2.05, 4.69) is 34.2 Å². The number of carbonyl (C=O) groups is 1. The zero-order valence-electron chi connectivity index (χ0n) is 19.8. The van der Waals surface area contributed by atoms with Crippen LogP contribution in [0.2, 0.25) is 5.02 Å². The summed E-state index contributed by atoms with van der Waals surface area (Å²) in [6, 6.07) is 8.24. The largest absolute Gasteiger partial charge is 0.494 e. The number of carbonyl (C=O) groups excluding carboxylic acids is 1. The molecule has 2 aliphatic rings. The fourth-order valence-corrected chi connectivity index (χ4v) is 5.29. The Labute approximate surface area is 208 Å². The maximum atomic E-state index is 14.6. The lowest BCUT2D eigenvalue weighted by atomic mass is 9.79. The second-order valence-electron chi connectivity index (χ2n) is 9.13. The van der Waals surface area contributed by atoms with Crippen LogP contribution in [0.3, 0.4) is 0 Å². The Morgan fingerprint density at radius 2 is 2.17 bits per heavy atom. The first-order chi connectivity index (χ1) is 16.8. The number of ether oxygens (including phenoxy) is 2. The van der Waals surface area contributed by atoms with Gasteiger partial charge in [-0.1, -0.05) is 24.6 Å². The first kappa shape index (κ1) is 23.6. The van der Waals surface area contributed by atoms with E-state index >= 15 is 0 Å². The van der Waals surface area contributed by atoms with Crippen LogP contribution in [-0.2, 0) is 4.74 Å². The predicted octanol–water partition coefficient (Wildman–Crippen LogP) is 5.23. The van der Waals surface area contributed by atoms with E-state index in [1.807, 2.05) is 0 Å². The average Bonchev–Trinajstić information content (AvgIpc) is 3.19. The van der Waals surface area contributed by atoms with Gasteiger partial charge in [0.2, 0.25) is 0 Å². The average molecular weight is 500 g/mol. The van der Waals surface area contributed by atoms with Crippen molar-refractivity contribution in [2.45, 2.75) is 25.4 Å². The first-order valence-electron chi connectivity index (χ1n) is 11.6. The fourth-order valence-electron chi connectivity index (χ4n) is 5.11. The number of benzene rings is 2. The van der Waals surface area contributed by atoms with Gasteiger partial charge in [-0.05, 0) is 31.7 Å². The highest BCUT2D eigenvalue weighted by Crippen LogP contribution is 2.44. The van der Waals surface area contributed by atoms with Gasteiger partial charge < -0.3 is 19.7 Å². The van der Waals surface area contributed by atoms with Crippen molar-refractivity contribution in [3.05, 3.63) is 47.5 Å². The Balaban J connectivity index is 1.56. The van der Waals surface area contributed by atoms with E-state index in [4.69, 9.17) is 21.1 Å². The van der Waals surface area contributed by atoms with Gasteiger partial charge in [-0.25, -0.2) is 19.2 Å². The number of piperidine rings is 1. The molecule has 2 fully saturated rings.